The first kappa shape index (κ1) is 36.0. The molecule has 256 valence electrons. The van der Waals surface area contributed by atoms with E-state index in [9.17, 15) is 19.8 Å². The summed E-state index contributed by atoms with van der Waals surface area (Å²) in [4.78, 5) is 39.4. The van der Waals surface area contributed by atoms with Gasteiger partial charge in [-0.05, 0) is 48.3 Å². The number of imidazole rings is 1. The number of H-pyrrole nitrogens is 1. The number of hydrogen-bond donors (Lipinski definition) is 5. The molecule has 2 aromatic heterocycles. The Balaban J connectivity index is 1.45. The number of benzene rings is 1. The zero-order valence-electron chi connectivity index (χ0n) is 27.7. The molecule has 2 amide bonds. The number of ether oxygens (including phenoxy) is 1. The number of nitrogens with two attached hydrogens (primary N) is 1. The Bertz CT molecular complexity index is 1320. The molecule has 1 aliphatic carbocycles. The number of nitrogens with one attached hydrogen (secondary N) is 2. The molecule has 4 rings (SSSR count). The second-order valence-corrected chi connectivity index (χ2v) is 13.3. The Morgan fingerprint density at radius 2 is 1.81 bits per heavy atom. The highest BCUT2D eigenvalue weighted by molar-refractivity contribution is 5.82. The minimum absolute atomic E-state index is 0.00548. The lowest BCUT2D eigenvalue weighted by Gasteiger charge is -2.36. The van der Waals surface area contributed by atoms with Crippen molar-refractivity contribution in [3.8, 4) is 0 Å². The van der Waals surface area contributed by atoms with Gasteiger partial charge in [0.2, 0.25) is 5.91 Å². The fourth-order valence-corrected chi connectivity index (χ4v) is 6.49. The number of rotatable bonds is 17. The Morgan fingerprint density at radius 3 is 2.47 bits per heavy atom. The molecular formula is C36H52N6O5. The lowest BCUT2D eigenvalue weighted by Crippen LogP contribution is -2.52. The first-order valence-electron chi connectivity index (χ1n) is 16.9. The van der Waals surface area contributed by atoms with Crippen LogP contribution in [0.5, 0.6) is 0 Å². The highest BCUT2D eigenvalue weighted by Crippen LogP contribution is 2.30. The van der Waals surface area contributed by atoms with Crippen LogP contribution in [-0.4, -0.2) is 72.9 Å². The average Bonchev–Trinajstić information content (AvgIpc) is 3.59. The number of hydrogen-bond acceptors (Lipinski definition) is 8. The van der Waals surface area contributed by atoms with Gasteiger partial charge >= 0.3 is 6.09 Å². The quantitative estimate of drug-likeness (QED) is 0.144. The summed E-state index contributed by atoms with van der Waals surface area (Å²) < 4.78 is 5.64. The van der Waals surface area contributed by atoms with Crippen LogP contribution >= 0.6 is 0 Å². The van der Waals surface area contributed by atoms with Crippen LogP contribution in [0.25, 0.3) is 0 Å². The smallest absolute Gasteiger partial charge is 0.410 e. The van der Waals surface area contributed by atoms with Gasteiger partial charge < -0.3 is 31.0 Å². The molecule has 11 heteroatoms. The third-order valence-electron chi connectivity index (χ3n) is 9.25. The molecular weight excluding hydrogens is 596 g/mol. The molecule has 1 fully saturated rings. The molecule has 5 atom stereocenters. The second kappa shape index (κ2) is 18.5. The molecule has 3 aromatic rings. The molecule has 1 aliphatic rings. The summed E-state index contributed by atoms with van der Waals surface area (Å²) in [6, 6.07) is 13.6. The normalized spacial score (nSPS) is 17.0. The Labute approximate surface area is 278 Å². The zero-order chi connectivity index (χ0) is 33.6. The van der Waals surface area contributed by atoms with Gasteiger partial charge in [-0.2, -0.15) is 0 Å². The van der Waals surface area contributed by atoms with Crippen molar-refractivity contribution in [3.63, 3.8) is 0 Å². The van der Waals surface area contributed by atoms with E-state index in [0.29, 0.717) is 24.5 Å². The highest BCUT2D eigenvalue weighted by Gasteiger charge is 2.34. The molecule has 2 heterocycles. The topological polar surface area (TPSA) is 167 Å². The predicted octanol–water partition coefficient (Wildman–Crippen LogP) is 4.35. The number of carbonyl (C=O) groups is 2. The van der Waals surface area contributed by atoms with E-state index in [1.165, 1.54) is 11.3 Å². The number of aromatic nitrogens is 3. The van der Waals surface area contributed by atoms with E-state index in [1.54, 1.807) is 24.8 Å². The molecule has 0 saturated heterocycles. The van der Waals surface area contributed by atoms with Gasteiger partial charge in [0.15, 0.2) is 0 Å². The standard InChI is InChI=1S/C36H52N6O5/c1-25(2)30(34(44)22-42(21-28-15-9-10-16-39-28)36(46)47-23-27-13-7-4-8-14-27)19-33(43)32(17-26-11-5-3-6-12-26)41-35(45)31(37)18-29-20-38-24-40-29/h4,7-10,13-16,20,24-26,30-34,43-44H,3,5-6,11-12,17-19,21-23,37H2,1-2H3,(H,38,40)(H,41,45)/t30-,31-,32-,33-,34?/m0/s1. The maximum Gasteiger partial charge on any atom is 0.410 e. The molecule has 0 aliphatic heterocycles. The largest absolute Gasteiger partial charge is 0.445 e. The van der Waals surface area contributed by atoms with Gasteiger partial charge in [-0.25, -0.2) is 9.78 Å². The van der Waals surface area contributed by atoms with E-state index in [0.717, 1.165) is 36.9 Å². The van der Waals surface area contributed by atoms with E-state index in [-0.39, 0.29) is 43.9 Å². The van der Waals surface area contributed by atoms with Gasteiger partial charge in [0, 0.05) is 24.5 Å². The van der Waals surface area contributed by atoms with E-state index >= 15 is 0 Å². The first-order chi connectivity index (χ1) is 22.7. The Kier molecular flexibility index (Phi) is 14.2. The summed E-state index contributed by atoms with van der Waals surface area (Å²) >= 11 is 0. The van der Waals surface area contributed by atoms with Crippen molar-refractivity contribution in [1.29, 1.82) is 0 Å². The van der Waals surface area contributed by atoms with Crippen molar-refractivity contribution >= 4 is 12.0 Å². The van der Waals surface area contributed by atoms with Crippen LogP contribution in [-0.2, 0) is 29.1 Å². The Hall–Kier alpha value is -3.80. The third-order valence-corrected chi connectivity index (χ3v) is 9.25. The first-order valence-corrected chi connectivity index (χ1v) is 16.9. The fourth-order valence-electron chi connectivity index (χ4n) is 6.49. The summed E-state index contributed by atoms with van der Waals surface area (Å²) in [5.74, 6) is -0.333. The van der Waals surface area contributed by atoms with Gasteiger partial charge in [-0.1, -0.05) is 82.3 Å². The van der Waals surface area contributed by atoms with Gasteiger partial charge in [-0.3, -0.25) is 14.7 Å². The summed E-state index contributed by atoms with van der Waals surface area (Å²) in [5.41, 5.74) is 8.55. The van der Waals surface area contributed by atoms with Crippen LogP contribution in [0.1, 0.15) is 75.7 Å². The lowest BCUT2D eigenvalue weighted by atomic mass is 9.79. The average molecular weight is 649 g/mol. The number of pyridine rings is 1. The molecule has 6 N–H and O–H groups in total. The van der Waals surface area contributed by atoms with Crippen molar-refractivity contribution in [2.45, 2.75) is 103 Å². The van der Waals surface area contributed by atoms with Crippen LogP contribution < -0.4 is 11.1 Å². The summed E-state index contributed by atoms with van der Waals surface area (Å²) in [7, 11) is 0. The maximum atomic E-state index is 13.3. The molecule has 0 spiro atoms. The number of aliphatic hydroxyl groups is 2. The molecule has 0 radical (unpaired) electrons. The van der Waals surface area contributed by atoms with Crippen molar-refractivity contribution < 1.29 is 24.5 Å². The zero-order valence-corrected chi connectivity index (χ0v) is 27.7. The van der Waals surface area contributed by atoms with Crippen LogP contribution in [0.4, 0.5) is 4.79 Å². The maximum absolute atomic E-state index is 13.3. The lowest BCUT2D eigenvalue weighted by molar-refractivity contribution is -0.124. The number of nitrogens with zero attached hydrogens (tertiary/aromatic N) is 3. The molecule has 11 nitrogen and oxygen atoms in total. The summed E-state index contributed by atoms with van der Waals surface area (Å²) in [6.45, 7) is 4.24. The number of carbonyl (C=O) groups excluding carboxylic acids is 2. The van der Waals surface area contributed by atoms with Crippen molar-refractivity contribution in [3.05, 3.63) is 84.2 Å². The molecule has 1 unspecified atom stereocenters. The fraction of sp³-hybridized carbons (Fsp3) is 0.556. The van der Waals surface area contributed by atoms with Crippen LogP contribution in [0, 0.1) is 17.8 Å². The third kappa shape index (κ3) is 11.7. The molecule has 47 heavy (non-hydrogen) atoms. The second-order valence-electron chi connectivity index (χ2n) is 13.3. The predicted molar refractivity (Wildman–Crippen MR) is 180 cm³/mol. The number of amides is 2. The van der Waals surface area contributed by atoms with Crippen molar-refractivity contribution in [2.75, 3.05) is 6.54 Å². The number of aliphatic hydroxyl groups excluding tert-OH is 2. The minimum atomic E-state index is -0.966. The summed E-state index contributed by atoms with van der Waals surface area (Å²) in [6.07, 6.45) is 9.19. The van der Waals surface area contributed by atoms with Crippen LogP contribution in [0.15, 0.2) is 67.3 Å². The van der Waals surface area contributed by atoms with Crippen molar-refractivity contribution in [2.24, 2.45) is 23.5 Å². The van der Waals surface area contributed by atoms with Gasteiger partial charge in [0.25, 0.3) is 0 Å². The minimum Gasteiger partial charge on any atom is -0.445 e. The van der Waals surface area contributed by atoms with Gasteiger partial charge in [0.05, 0.1) is 49.4 Å². The SMILES string of the molecule is CC(C)[C@H](C[C@H](O)[C@H](CC1CCCCC1)NC(=O)[C@@H](N)Cc1cnc[nH]1)C(O)CN(Cc1ccccn1)C(=O)OCc1ccccc1. The highest BCUT2D eigenvalue weighted by atomic mass is 16.6. The van der Waals surface area contributed by atoms with E-state index in [1.807, 2.05) is 56.3 Å². The van der Waals surface area contributed by atoms with Crippen LogP contribution in [0.2, 0.25) is 0 Å². The van der Waals surface area contributed by atoms with Gasteiger partial charge in [0.1, 0.15) is 6.61 Å². The van der Waals surface area contributed by atoms with E-state index < -0.39 is 30.4 Å². The van der Waals surface area contributed by atoms with Crippen molar-refractivity contribution in [1.82, 2.24) is 25.2 Å². The van der Waals surface area contributed by atoms with Crippen LogP contribution in [0.3, 0.4) is 0 Å². The van der Waals surface area contributed by atoms with E-state index in [2.05, 4.69) is 20.3 Å². The van der Waals surface area contributed by atoms with Gasteiger partial charge in [-0.15, -0.1) is 0 Å². The summed E-state index contributed by atoms with van der Waals surface area (Å²) in [5, 5.41) is 26.4. The van der Waals surface area contributed by atoms with E-state index in [4.69, 9.17) is 10.5 Å². The molecule has 1 aromatic carbocycles. The molecule has 1 saturated carbocycles. The molecule has 0 bridgehead atoms. The Morgan fingerprint density at radius 1 is 1.06 bits per heavy atom. The monoisotopic (exact) mass is 648 g/mol. The number of aromatic amines is 1.